The molecule has 1 aliphatic rings. The van der Waals surface area contributed by atoms with Crippen molar-refractivity contribution in [2.45, 2.75) is 25.8 Å². The van der Waals surface area contributed by atoms with Crippen LogP contribution >= 0.6 is 45.2 Å². The van der Waals surface area contributed by atoms with E-state index in [-0.39, 0.29) is 6.04 Å². The third-order valence-corrected chi connectivity index (χ3v) is 6.11. The third kappa shape index (κ3) is 6.19. The summed E-state index contributed by atoms with van der Waals surface area (Å²) in [4.78, 5) is 18.2. The zero-order chi connectivity index (χ0) is 21.7. The molecule has 0 aromatic heterocycles. The smallest absolute Gasteiger partial charge is 0.414 e. The van der Waals surface area contributed by atoms with Gasteiger partial charge in [0.1, 0.15) is 11.5 Å². The fourth-order valence-corrected chi connectivity index (χ4v) is 5.47. The zero-order valence-corrected chi connectivity index (χ0v) is 20.1. The summed E-state index contributed by atoms with van der Waals surface area (Å²) in [6.45, 7) is 2.91. The van der Waals surface area contributed by atoms with Gasteiger partial charge in [-0.2, -0.15) is 0 Å². The van der Waals surface area contributed by atoms with Gasteiger partial charge in [0.25, 0.3) is 0 Å². The van der Waals surface area contributed by atoms with Gasteiger partial charge in [-0.1, -0.05) is 6.07 Å². The highest BCUT2D eigenvalue weighted by molar-refractivity contribution is 14.1. The molecule has 1 heterocycles. The summed E-state index contributed by atoms with van der Waals surface area (Å²) in [5, 5.41) is 28.3. The van der Waals surface area contributed by atoms with Crippen LogP contribution < -0.4 is 10.1 Å². The van der Waals surface area contributed by atoms with E-state index in [0.717, 1.165) is 37.8 Å². The van der Waals surface area contributed by atoms with Crippen molar-refractivity contribution in [3.8, 4) is 11.5 Å². The molecule has 0 saturated heterocycles. The van der Waals surface area contributed by atoms with Gasteiger partial charge < -0.3 is 25.4 Å². The number of rotatable bonds is 3. The number of carboxylic acids is 2. The van der Waals surface area contributed by atoms with Crippen molar-refractivity contribution in [3.63, 3.8) is 0 Å². The van der Waals surface area contributed by atoms with E-state index in [2.05, 4.69) is 68.7 Å². The molecule has 3 rings (SSSR count). The van der Waals surface area contributed by atoms with Gasteiger partial charge in [-0.15, -0.1) is 0 Å². The summed E-state index contributed by atoms with van der Waals surface area (Å²) < 4.78 is 7.73. The maximum Gasteiger partial charge on any atom is 0.414 e. The Labute approximate surface area is 195 Å². The lowest BCUT2D eigenvalue weighted by Crippen LogP contribution is -2.31. The van der Waals surface area contributed by atoms with Gasteiger partial charge in [0.2, 0.25) is 0 Å². The fourth-order valence-electron chi connectivity index (χ4n) is 3.14. The normalized spacial score (nSPS) is 15.0. The largest absolute Gasteiger partial charge is 0.508 e. The molecule has 7 nitrogen and oxygen atoms in total. The molecule has 0 aliphatic carbocycles. The monoisotopic (exact) mass is 625 g/mol. The third-order valence-electron chi connectivity index (χ3n) is 4.50. The number of phenols is 1. The number of aliphatic carboxylic acids is 2. The number of fused-ring (bicyclic) bond motifs is 1. The minimum atomic E-state index is -1.82. The van der Waals surface area contributed by atoms with E-state index >= 15 is 0 Å². The Balaban J connectivity index is 0.000000438. The van der Waals surface area contributed by atoms with Gasteiger partial charge in [-0.3, -0.25) is 0 Å². The number of hydrogen-bond donors (Lipinski definition) is 4. The van der Waals surface area contributed by atoms with Crippen molar-refractivity contribution in [2.75, 3.05) is 13.7 Å². The van der Waals surface area contributed by atoms with E-state index < -0.39 is 11.9 Å². The van der Waals surface area contributed by atoms with Gasteiger partial charge in [-0.05, 0) is 112 Å². The highest BCUT2D eigenvalue weighted by Gasteiger charge is 2.22. The molecule has 0 fully saturated rings. The lowest BCUT2D eigenvalue weighted by Gasteiger charge is -2.28. The van der Waals surface area contributed by atoms with Crippen molar-refractivity contribution in [3.05, 3.63) is 53.7 Å². The first-order valence-electron chi connectivity index (χ1n) is 8.68. The molecule has 0 amide bonds. The van der Waals surface area contributed by atoms with Crippen LogP contribution in [0.15, 0.2) is 24.3 Å². The molecule has 0 unspecified atom stereocenters. The number of aromatic hydroxyl groups is 1. The van der Waals surface area contributed by atoms with E-state index in [0.29, 0.717) is 5.75 Å². The number of phenolic OH excluding ortho intramolecular Hbond substituents is 1. The number of hydrogen-bond acceptors (Lipinski definition) is 5. The zero-order valence-electron chi connectivity index (χ0n) is 15.8. The summed E-state index contributed by atoms with van der Waals surface area (Å²) in [6, 6.07) is 8.74. The average molecular weight is 625 g/mol. The standard InChI is InChI=1S/C18H19I2NO2.C2H2O4/c1-10-5-13-12(9-17(10)22)3-4-21-16(13)8-11-6-14(19)18(23-2)15(20)7-11;3-1(4)2(5)6/h5-7,9,16,21-22H,3-4,8H2,1-2H3;(H,3,4)(H,5,6)/t16-;/m0./s1. The lowest BCUT2D eigenvalue weighted by molar-refractivity contribution is -0.159. The van der Waals surface area contributed by atoms with Crippen molar-refractivity contribution in [2.24, 2.45) is 0 Å². The molecular weight excluding hydrogens is 604 g/mol. The number of methoxy groups -OCH3 is 1. The Morgan fingerprint density at radius 2 is 1.72 bits per heavy atom. The molecular formula is C20H21I2NO6. The molecule has 2 aromatic carbocycles. The lowest BCUT2D eigenvalue weighted by atomic mass is 9.89. The van der Waals surface area contributed by atoms with Crippen LogP contribution in [-0.2, 0) is 22.4 Å². The Hall–Kier alpha value is -1.60. The number of halogens is 2. The van der Waals surface area contributed by atoms with Crippen LogP contribution in [-0.4, -0.2) is 40.9 Å². The second kappa shape index (κ2) is 10.4. The van der Waals surface area contributed by atoms with Gasteiger partial charge >= 0.3 is 11.9 Å². The van der Waals surface area contributed by atoms with E-state index in [1.54, 1.807) is 7.11 Å². The SMILES string of the molecule is COc1c(I)cc(C[C@@H]2NCCc3cc(O)c(C)cc32)cc1I.O=C(O)C(=O)O. The van der Waals surface area contributed by atoms with Crippen LogP contribution in [0.5, 0.6) is 11.5 Å². The number of ether oxygens (including phenoxy) is 1. The Morgan fingerprint density at radius 1 is 1.14 bits per heavy atom. The first kappa shape index (κ1) is 23.7. The number of carbonyl (C=O) groups is 2. The molecule has 1 atom stereocenters. The van der Waals surface area contributed by atoms with Crippen molar-refractivity contribution in [1.29, 1.82) is 0 Å². The molecule has 0 radical (unpaired) electrons. The van der Waals surface area contributed by atoms with E-state index in [4.69, 9.17) is 24.5 Å². The van der Waals surface area contributed by atoms with Gasteiger partial charge in [0, 0.05) is 6.04 Å². The summed E-state index contributed by atoms with van der Waals surface area (Å²) >= 11 is 4.66. The van der Waals surface area contributed by atoms with Crippen LogP contribution in [0.4, 0.5) is 0 Å². The minimum absolute atomic E-state index is 0.290. The van der Waals surface area contributed by atoms with Crippen LogP contribution in [0.1, 0.15) is 28.3 Å². The fraction of sp³-hybridized carbons (Fsp3) is 0.300. The molecule has 9 heteroatoms. The maximum atomic E-state index is 9.95. The molecule has 0 bridgehead atoms. The van der Waals surface area contributed by atoms with Crippen LogP contribution in [0.25, 0.3) is 0 Å². The van der Waals surface area contributed by atoms with E-state index in [1.165, 1.54) is 16.7 Å². The van der Waals surface area contributed by atoms with Crippen LogP contribution in [0.2, 0.25) is 0 Å². The first-order valence-corrected chi connectivity index (χ1v) is 10.8. The van der Waals surface area contributed by atoms with Crippen molar-refractivity contribution >= 4 is 57.1 Å². The highest BCUT2D eigenvalue weighted by atomic mass is 127. The second-order valence-corrected chi connectivity index (χ2v) is 8.83. The molecule has 0 spiro atoms. The molecule has 156 valence electrons. The summed E-state index contributed by atoms with van der Waals surface area (Å²) in [5.74, 6) is -2.30. The van der Waals surface area contributed by atoms with E-state index in [9.17, 15) is 5.11 Å². The summed E-state index contributed by atoms with van der Waals surface area (Å²) in [7, 11) is 1.72. The van der Waals surface area contributed by atoms with Crippen LogP contribution in [0.3, 0.4) is 0 Å². The van der Waals surface area contributed by atoms with Gasteiger partial charge in [0.15, 0.2) is 0 Å². The second-order valence-electron chi connectivity index (χ2n) is 6.50. The molecule has 2 aromatic rings. The maximum absolute atomic E-state index is 9.95. The predicted molar refractivity (Wildman–Crippen MR) is 125 cm³/mol. The number of aryl methyl sites for hydroxylation is 1. The Kier molecular flexibility index (Phi) is 8.52. The van der Waals surface area contributed by atoms with E-state index in [1.807, 2.05) is 13.0 Å². The quantitative estimate of drug-likeness (QED) is 0.305. The van der Waals surface area contributed by atoms with Gasteiger partial charge in [0.05, 0.1) is 14.3 Å². The Morgan fingerprint density at radius 3 is 2.24 bits per heavy atom. The van der Waals surface area contributed by atoms with Crippen molar-refractivity contribution < 1.29 is 29.6 Å². The molecule has 29 heavy (non-hydrogen) atoms. The minimum Gasteiger partial charge on any atom is -0.508 e. The number of nitrogens with one attached hydrogen (secondary N) is 1. The predicted octanol–water partition coefficient (Wildman–Crippen LogP) is 3.50. The average Bonchev–Trinajstić information content (AvgIpc) is 2.63. The topological polar surface area (TPSA) is 116 Å². The molecule has 1 aliphatic heterocycles. The van der Waals surface area contributed by atoms with Crippen LogP contribution in [0, 0.1) is 14.1 Å². The Bertz CT molecular complexity index is 896. The highest BCUT2D eigenvalue weighted by Crippen LogP contribution is 2.33. The van der Waals surface area contributed by atoms with Gasteiger partial charge in [-0.25, -0.2) is 9.59 Å². The van der Waals surface area contributed by atoms with Crippen molar-refractivity contribution in [1.82, 2.24) is 5.32 Å². The summed E-state index contributed by atoms with van der Waals surface area (Å²) in [5.41, 5.74) is 4.81. The number of benzene rings is 2. The number of carboxylic acid groups (broad SMARTS) is 2. The molecule has 4 N–H and O–H groups in total. The first-order chi connectivity index (χ1) is 13.6. The summed E-state index contributed by atoms with van der Waals surface area (Å²) in [6.07, 6.45) is 1.91. The molecule has 0 saturated carbocycles.